The van der Waals surface area contributed by atoms with Crippen molar-refractivity contribution < 1.29 is 79.5 Å². The van der Waals surface area contributed by atoms with Gasteiger partial charge in [0, 0.05) is 137 Å². The molecule has 6 saturated heterocycles. The van der Waals surface area contributed by atoms with Gasteiger partial charge in [-0.2, -0.15) is 39.5 Å². The molecule has 6 bridgehead atoms. The quantitative estimate of drug-likeness (QED) is 0.0374. The molecule has 3 unspecified atom stereocenters. The van der Waals surface area contributed by atoms with E-state index < -0.39 is 72.7 Å². The summed E-state index contributed by atoms with van der Waals surface area (Å²) in [5.41, 5.74) is -3.72. The van der Waals surface area contributed by atoms with E-state index in [0.717, 1.165) is 110 Å². The molecule has 1 amide bonds. The molecule has 5 aromatic carbocycles. The second-order valence-corrected chi connectivity index (χ2v) is 25.0. The van der Waals surface area contributed by atoms with Gasteiger partial charge in [-0.05, 0) is 81.5 Å². The Morgan fingerprint density at radius 3 is 1.26 bits per heavy atom. The van der Waals surface area contributed by atoms with Crippen LogP contribution in [0.5, 0.6) is 17.2 Å². The van der Waals surface area contributed by atoms with E-state index in [9.17, 15) is 74.7 Å². The van der Waals surface area contributed by atoms with E-state index in [2.05, 4.69) is 24.9 Å². The lowest BCUT2D eigenvalue weighted by Gasteiger charge is -2.35. The number of nitrogens with zero attached hydrogens (tertiary/aromatic N) is 8. The van der Waals surface area contributed by atoms with Crippen molar-refractivity contribution in [3.63, 3.8) is 0 Å². The zero-order valence-electron chi connectivity index (χ0n) is 50.4. The van der Waals surface area contributed by atoms with E-state index >= 15 is 0 Å². The number of nitrogens with one attached hydrogen (secondary N) is 1. The van der Waals surface area contributed by atoms with Gasteiger partial charge in [-0.15, -0.1) is 11.6 Å². The summed E-state index contributed by atoms with van der Waals surface area (Å²) in [5, 5.41) is 37.5. The lowest BCUT2D eigenvalue weighted by molar-refractivity contribution is -0.385. The smallest absolute Gasteiger partial charge is 0.416 e. The van der Waals surface area contributed by atoms with Gasteiger partial charge in [0.05, 0.1) is 49.7 Å². The van der Waals surface area contributed by atoms with Gasteiger partial charge in [0.2, 0.25) is 0 Å². The second-order valence-electron chi connectivity index (χ2n) is 23.9. The van der Waals surface area contributed by atoms with Gasteiger partial charge in [0.25, 0.3) is 17.1 Å². The minimum absolute atomic E-state index is 0. The van der Waals surface area contributed by atoms with Gasteiger partial charge in [0.15, 0.2) is 0 Å². The predicted molar refractivity (Wildman–Crippen MR) is 328 cm³/mol. The number of carbonyl (C=O) groups is 1. The minimum atomic E-state index is -4.71. The number of hydrogen-bond acceptors (Lipinski definition) is 16. The molecule has 93 heavy (non-hydrogen) atoms. The van der Waals surface area contributed by atoms with Gasteiger partial charge in [-0.3, -0.25) is 49.9 Å². The van der Waals surface area contributed by atoms with E-state index in [4.69, 9.17) is 53.8 Å². The molecule has 32 heteroatoms. The van der Waals surface area contributed by atoms with Crippen molar-refractivity contribution in [2.24, 2.45) is 0 Å². The molecule has 6 atom stereocenters. The fourth-order valence-electron chi connectivity index (χ4n) is 11.9. The van der Waals surface area contributed by atoms with Crippen LogP contribution in [0.4, 0.5) is 61.4 Å². The summed E-state index contributed by atoms with van der Waals surface area (Å²) in [7, 11) is 0. The van der Waals surface area contributed by atoms with Crippen LogP contribution in [0.3, 0.4) is 0 Å². The largest absolute Gasteiger partial charge is 0.492 e. The van der Waals surface area contributed by atoms with Crippen LogP contribution < -0.4 is 19.5 Å². The Balaban J connectivity index is 0.000000187. The number of non-ortho nitro benzene ring substituents is 3. The molecule has 0 aromatic heterocycles. The molecule has 1 N–H and O–H groups in total. The summed E-state index contributed by atoms with van der Waals surface area (Å²) in [6, 6.07) is 24.1. The highest BCUT2D eigenvalue weighted by atomic mass is 35.5. The number of nitro groups is 3. The zero-order chi connectivity index (χ0) is 67.7. The number of alkyl halides is 10. The number of carbonyl (C=O) groups excluding carboxylic acids is 1. The molecule has 0 aliphatic carbocycles. The number of likely N-dealkylation sites (tertiary alicyclic amines) is 5. The normalized spacial score (nSPS) is 21.1. The van der Waals surface area contributed by atoms with Crippen molar-refractivity contribution >= 4 is 58.0 Å². The fourth-order valence-corrected chi connectivity index (χ4v) is 12.6. The van der Waals surface area contributed by atoms with Crippen molar-refractivity contribution in [2.45, 2.75) is 113 Å². The summed E-state index contributed by atoms with van der Waals surface area (Å²) in [5.74, 6) is 0.0103. The number of fused-ring (bicyclic) bond motifs is 6. The van der Waals surface area contributed by atoms with E-state index in [0.29, 0.717) is 81.0 Å². The molecule has 0 saturated carbocycles. The molecule has 6 aliphatic rings. The van der Waals surface area contributed by atoms with Gasteiger partial charge in [-0.25, -0.2) is 4.79 Å². The third-order valence-electron chi connectivity index (χ3n) is 16.3. The second kappa shape index (κ2) is 30.6. The Labute approximate surface area is 545 Å². The Hall–Kier alpha value is -6.99. The summed E-state index contributed by atoms with van der Waals surface area (Å²) < 4.78 is 138. The Morgan fingerprint density at radius 2 is 0.925 bits per heavy atom. The van der Waals surface area contributed by atoms with Crippen molar-refractivity contribution in [3.05, 3.63) is 171 Å². The first-order valence-corrected chi connectivity index (χ1v) is 30.7. The van der Waals surface area contributed by atoms with Crippen LogP contribution in [0.25, 0.3) is 0 Å². The SMILES string of the molecule is CC(C)(C)OC(=O)N1CC2C[C@H]1CN2CCOc1cc([N+](=O)[O-])cc(C(F)(F)F)c1.ClCc1ccccc1Cl.O=[N+]([O-])c1cc(OCCN2C[C@@H]3CC2CN3)cc(C(F)(F)F)c1.O=[N+]([O-])c1cc(OCCN2C[C@@H]3CC2CN3Cc2ccccc2Cl)cc(C(F)(F)F)c1.[2HH]. The predicted octanol–water partition coefficient (Wildman–Crippen LogP) is 13.7. The maximum atomic E-state index is 13.0. The molecule has 0 spiro atoms. The Morgan fingerprint density at radius 1 is 0.538 bits per heavy atom. The maximum absolute atomic E-state index is 13.0. The van der Waals surface area contributed by atoms with Gasteiger partial charge < -0.3 is 29.2 Å². The molecule has 6 aliphatic heterocycles. The fraction of sp³-hybridized carbons (Fsp3) is 0.492. The zero-order valence-corrected chi connectivity index (χ0v) is 52.7. The number of benzene rings is 5. The van der Waals surface area contributed by atoms with Gasteiger partial charge >= 0.3 is 24.6 Å². The van der Waals surface area contributed by atoms with Crippen molar-refractivity contribution in [1.29, 1.82) is 0 Å². The van der Waals surface area contributed by atoms with Crippen LogP contribution in [0.2, 0.25) is 10.0 Å². The van der Waals surface area contributed by atoms with E-state index in [-0.39, 0.29) is 56.7 Å². The van der Waals surface area contributed by atoms with Crippen LogP contribution in [-0.4, -0.2) is 166 Å². The summed E-state index contributed by atoms with van der Waals surface area (Å²) in [6.45, 7) is 12.9. The molecule has 11 rings (SSSR count). The van der Waals surface area contributed by atoms with Gasteiger partial charge in [-0.1, -0.05) is 59.6 Å². The average molecular weight is 1380 g/mol. The molecule has 5 aromatic rings. The minimum Gasteiger partial charge on any atom is -0.492 e. The summed E-state index contributed by atoms with van der Waals surface area (Å²) in [6.07, 6.45) is -11.5. The third kappa shape index (κ3) is 20.0. The molecule has 508 valence electrons. The lowest BCUT2D eigenvalue weighted by Crippen LogP contribution is -2.50. The van der Waals surface area contributed by atoms with Crippen LogP contribution in [0, 0.1) is 30.3 Å². The molecule has 6 heterocycles. The number of halogens is 12. The first-order valence-electron chi connectivity index (χ1n) is 29.4. The van der Waals surface area contributed by atoms with Crippen LogP contribution >= 0.6 is 34.8 Å². The van der Waals surface area contributed by atoms with Crippen molar-refractivity contribution in [2.75, 3.05) is 78.7 Å². The summed E-state index contributed by atoms with van der Waals surface area (Å²) in [4.78, 5) is 53.0. The van der Waals surface area contributed by atoms with Crippen molar-refractivity contribution in [3.8, 4) is 17.2 Å². The standard InChI is InChI=1S/C21H21ClF3N3O3.C19H24F3N3O5.C14H16F3N3O3.C7H6Cl2.H2/c22-20-4-2-1-3-14(20)11-27-13-17-9-18(27)12-26(17)5-6-31-19-8-15(21(23,24)25)7-16(10-19)28(29)30;1-18(2,3)30-17(26)24-11-14-8-15(24)10-23(14)4-5-29-16-7-12(19(20,21)22)6-13(9-16)25(27)28;15-14(16,17)9-3-11(20(21)22)6-13(4-9)23-2-1-19-8-10-5-12(19)7-18-10;8-5-6-3-1-2-4-7(6)9;/h1-4,7-8,10,17-18H,5-6,9,11-13H2;6-7,9,14-15H,4-5,8,10-11H2,1-3H3;3-4,6,10,12,18H,1-2,5,7-8H2;1-4H,5H2;1H/t17?,18-;14?,15-;10-,12?;;/m000../s1/i;;;;1+1. The van der Waals surface area contributed by atoms with Gasteiger partial charge in [0.1, 0.15) is 42.7 Å². The van der Waals surface area contributed by atoms with E-state index in [1.54, 1.807) is 25.7 Å². The van der Waals surface area contributed by atoms with E-state index in [1.165, 1.54) is 0 Å². The topological polar surface area (TPSA) is 212 Å². The average Bonchev–Trinajstić information content (AvgIpc) is 1.62. The number of amides is 1. The number of nitro benzene ring substituents is 3. The molecular formula is C61H69Cl3F9N9O11. The van der Waals surface area contributed by atoms with Crippen LogP contribution in [0.1, 0.15) is 69.3 Å². The first kappa shape index (κ1) is 71.9. The van der Waals surface area contributed by atoms with Crippen LogP contribution in [0.15, 0.2) is 103 Å². The number of piperazine rings is 3. The molecule has 6 fully saturated rings. The number of ether oxygens (including phenoxy) is 4. The number of rotatable bonds is 18. The highest BCUT2D eigenvalue weighted by molar-refractivity contribution is 6.32. The molecular weight excluding hydrogens is 1310 g/mol. The highest BCUT2D eigenvalue weighted by Crippen LogP contribution is 2.39. The Kier molecular flexibility index (Phi) is 23.6. The molecule has 20 nitrogen and oxygen atoms in total. The maximum Gasteiger partial charge on any atom is 0.416 e. The summed E-state index contributed by atoms with van der Waals surface area (Å²) >= 11 is 17.6. The monoisotopic (exact) mass is 1380 g/mol. The lowest BCUT2D eigenvalue weighted by atomic mass is 10.2. The van der Waals surface area contributed by atoms with Crippen molar-refractivity contribution in [1.82, 2.24) is 29.8 Å². The Bertz CT molecular complexity index is 3450. The number of hydrogen-bond donors (Lipinski definition) is 1. The first-order chi connectivity index (χ1) is 43.7. The van der Waals surface area contributed by atoms with Crippen LogP contribution in [-0.2, 0) is 35.7 Å². The highest BCUT2D eigenvalue weighted by Gasteiger charge is 2.47. The van der Waals surface area contributed by atoms with E-state index in [1.807, 2.05) is 48.5 Å². The molecule has 0 radical (unpaired) electrons. The third-order valence-corrected chi connectivity index (χ3v) is 17.3.